The van der Waals surface area contributed by atoms with E-state index in [1.807, 2.05) is 36.4 Å². The molecule has 0 aliphatic carbocycles. The summed E-state index contributed by atoms with van der Waals surface area (Å²) in [7, 11) is 0. The quantitative estimate of drug-likeness (QED) is 0.275. The van der Waals surface area contributed by atoms with E-state index >= 15 is 0 Å². The van der Waals surface area contributed by atoms with Crippen molar-refractivity contribution >= 4 is 46.0 Å². The van der Waals surface area contributed by atoms with Gasteiger partial charge >= 0.3 is 6.09 Å². The fraction of sp³-hybridized carbons (Fsp3) is 0.120. The molecule has 0 saturated carbocycles. The molecule has 0 bridgehead atoms. The van der Waals surface area contributed by atoms with Gasteiger partial charge in [-0.1, -0.05) is 71.7 Å². The molecule has 1 unspecified atom stereocenters. The molecule has 2 atom stereocenters. The van der Waals surface area contributed by atoms with Crippen molar-refractivity contribution in [2.24, 2.45) is 0 Å². The van der Waals surface area contributed by atoms with Crippen molar-refractivity contribution in [3.63, 3.8) is 0 Å². The van der Waals surface area contributed by atoms with Gasteiger partial charge in [0.25, 0.3) is 0 Å². The highest BCUT2D eigenvalue weighted by atomic mass is 32.2. The molecule has 3 aromatic carbocycles. The number of benzene rings is 3. The molecular formula is C25H21N4O5S-. The van der Waals surface area contributed by atoms with Crippen LogP contribution in [0.2, 0.25) is 0 Å². The third-order valence-electron chi connectivity index (χ3n) is 5.62. The number of amides is 2. The zero-order valence-electron chi connectivity index (χ0n) is 18.6. The van der Waals surface area contributed by atoms with Gasteiger partial charge in [0.05, 0.1) is 11.6 Å². The van der Waals surface area contributed by atoms with Gasteiger partial charge in [0, 0.05) is 11.1 Å². The van der Waals surface area contributed by atoms with Crippen LogP contribution in [0.25, 0.3) is 22.0 Å². The van der Waals surface area contributed by atoms with Crippen LogP contribution in [0, 0.1) is 0 Å². The topological polar surface area (TPSA) is 136 Å². The number of carbonyl (C=O) groups excluding carboxylic acids is 1. The summed E-state index contributed by atoms with van der Waals surface area (Å²) in [5.74, 6) is -0.0374. The Morgan fingerprint density at radius 2 is 1.77 bits per heavy atom. The van der Waals surface area contributed by atoms with Crippen LogP contribution < -0.4 is 10.2 Å². The number of hydrogen-bond acceptors (Lipinski definition) is 6. The zero-order chi connectivity index (χ0) is 24.9. The minimum Gasteiger partial charge on any atom is -0.772 e. The molecular weight excluding hydrogens is 468 g/mol. The van der Waals surface area contributed by atoms with Gasteiger partial charge < -0.3 is 15.0 Å². The molecule has 10 heteroatoms. The molecule has 1 aromatic heterocycles. The van der Waals surface area contributed by atoms with Crippen LogP contribution in [0.15, 0.2) is 72.8 Å². The van der Waals surface area contributed by atoms with Crippen molar-refractivity contribution in [1.29, 1.82) is 0 Å². The lowest BCUT2D eigenvalue weighted by molar-refractivity contribution is -0.105. The minimum atomic E-state index is -2.17. The highest BCUT2D eigenvalue weighted by Crippen LogP contribution is 2.38. The SMILES string of the molecule is C[C@H](c1ccccc1)N(C(=O)O)c1c(NC=O)nnc2cc(-c3ccc(CS(=O)[O-])cc3)ccc12. The Balaban J connectivity index is 1.82. The normalized spacial score (nSPS) is 12.6. The van der Waals surface area contributed by atoms with E-state index in [0.29, 0.717) is 22.9 Å². The van der Waals surface area contributed by atoms with Gasteiger partial charge in [-0.3, -0.25) is 13.9 Å². The van der Waals surface area contributed by atoms with Crippen molar-refractivity contribution in [3.8, 4) is 11.1 Å². The Morgan fingerprint density at radius 3 is 2.40 bits per heavy atom. The number of carboxylic acid groups (broad SMARTS) is 1. The van der Waals surface area contributed by atoms with E-state index in [9.17, 15) is 23.5 Å². The van der Waals surface area contributed by atoms with Crippen LogP contribution >= 0.6 is 0 Å². The molecule has 0 spiro atoms. The molecule has 2 amide bonds. The first kappa shape index (κ1) is 24.0. The maximum atomic E-state index is 12.4. The van der Waals surface area contributed by atoms with Crippen molar-refractivity contribution < 1.29 is 23.5 Å². The largest absolute Gasteiger partial charge is 0.772 e. The van der Waals surface area contributed by atoms with Crippen LogP contribution in [0.1, 0.15) is 24.1 Å². The lowest BCUT2D eigenvalue weighted by atomic mass is 10.0. The first-order chi connectivity index (χ1) is 16.9. The average Bonchev–Trinajstić information content (AvgIpc) is 2.85. The molecule has 4 rings (SSSR count). The Bertz CT molecular complexity index is 1400. The lowest BCUT2D eigenvalue weighted by Crippen LogP contribution is -2.33. The van der Waals surface area contributed by atoms with Gasteiger partial charge in [0.15, 0.2) is 5.82 Å². The van der Waals surface area contributed by atoms with Gasteiger partial charge in [-0.25, -0.2) is 4.79 Å². The van der Waals surface area contributed by atoms with Crippen LogP contribution in [-0.4, -0.2) is 36.6 Å². The monoisotopic (exact) mass is 489 g/mol. The molecule has 1 heterocycles. The number of anilines is 2. The summed E-state index contributed by atoms with van der Waals surface area (Å²) < 4.78 is 21.9. The summed E-state index contributed by atoms with van der Waals surface area (Å²) in [4.78, 5) is 24.8. The van der Waals surface area contributed by atoms with Crippen molar-refractivity contribution in [3.05, 3.63) is 83.9 Å². The molecule has 4 aromatic rings. The predicted molar refractivity (Wildman–Crippen MR) is 133 cm³/mol. The molecule has 0 aliphatic rings. The number of fused-ring (bicyclic) bond motifs is 1. The summed E-state index contributed by atoms with van der Waals surface area (Å²) in [6.07, 6.45) is -0.780. The summed E-state index contributed by atoms with van der Waals surface area (Å²) in [6, 6.07) is 21.0. The van der Waals surface area contributed by atoms with Crippen LogP contribution in [-0.2, 0) is 21.6 Å². The summed E-state index contributed by atoms with van der Waals surface area (Å²) >= 11 is -2.17. The van der Waals surface area contributed by atoms with Gasteiger partial charge in [-0.15, -0.1) is 10.2 Å². The standard InChI is InChI=1S/C25H22N4O5S/c1-16(18-5-3-2-4-6-18)29(25(31)32)23-21-12-11-20(13-22(21)27-28-24(23)26-15-30)19-9-7-17(8-10-19)14-35(33)34/h2-13,15-16H,14H2,1H3,(H,31,32)(H,33,34)(H,26,28,30)/p-1/t16-/m1/s1. The van der Waals surface area contributed by atoms with Crippen LogP contribution in [0.3, 0.4) is 0 Å². The molecule has 0 saturated heterocycles. The highest BCUT2D eigenvalue weighted by molar-refractivity contribution is 7.78. The van der Waals surface area contributed by atoms with E-state index in [2.05, 4.69) is 15.5 Å². The maximum absolute atomic E-state index is 12.4. The summed E-state index contributed by atoms with van der Waals surface area (Å²) in [5, 5.41) is 21.4. The van der Waals surface area contributed by atoms with Crippen LogP contribution in [0.4, 0.5) is 16.3 Å². The second kappa shape index (κ2) is 10.4. The third-order valence-corrected chi connectivity index (χ3v) is 6.19. The number of aromatic nitrogens is 2. The molecule has 2 N–H and O–H groups in total. The lowest BCUT2D eigenvalue weighted by Gasteiger charge is -2.29. The maximum Gasteiger partial charge on any atom is 0.412 e. The number of nitrogens with zero attached hydrogens (tertiary/aromatic N) is 3. The number of hydrogen-bond donors (Lipinski definition) is 2. The van der Waals surface area contributed by atoms with Crippen molar-refractivity contribution in [1.82, 2.24) is 10.2 Å². The van der Waals surface area contributed by atoms with E-state index in [4.69, 9.17) is 0 Å². The van der Waals surface area contributed by atoms with Gasteiger partial charge in [0.1, 0.15) is 5.69 Å². The molecule has 0 aliphatic heterocycles. The third kappa shape index (κ3) is 5.18. The smallest absolute Gasteiger partial charge is 0.412 e. The molecule has 0 radical (unpaired) electrons. The minimum absolute atomic E-state index is 0.0281. The van der Waals surface area contributed by atoms with E-state index in [1.54, 1.807) is 43.3 Å². The van der Waals surface area contributed by atoms with E-state index in [-0.39, 0.29) is 17.3 Å². The zero-order valence-corrected chi connectivity index (χ0v) is 19.4. The van der Waals surface area contributed by atoms with E-state index < -0.39 is 23.2 Å². The second-order valence-corrected chi connectivity index (χ2v) is 8.67. The Morgan fingerprint density at radius 1 is 1.09 bits per heavy atom. The van der Waals surface area contributed by atoms with Gasteiger partial charge in [-0.2, -0.15) is 0 Å². The number of carbonyl (C=O) groups is 2. The van der Waals surface area contributed by atoms with Gasteiger partial charge in [0.2, 0.25) is 6.41 Å². The fourth-order valence-corrected chi connectivity index (χ4v) is 4.40. The molecule has 9 nitrogen and oxygen atoms in total. The van der Waals surface area contributed by atoms with Gasteiger partial charge in [-0.05, 0) is 41.3 Å². The van der Waals surface area contributed by atoms with E-state index in [0.717, 1.165) is 21.6 Å². The number of nitrogens with one attached hydrogen (secondary N) is 1. The fourth-order valence-electron chi connectivity index (χ4n) is 3.93. The van der Waals surface area contributed by atoms with Crippen molar-refractivity contribution in [2.45, 2.75) is 18.7 Å². The predicted octanol–water partition coefficient (Wildman–Crippen LogP) is 4.49. The molecule has 0 fully saturated rings. The van der Waals surface area contributed by atoms with Crippen LogP contribution in [0.5, 0.6) is 0 Å². The molecule has 178 valence electrons. The first-order valence-corrected chi connectivity index (χ1v) is 11.9. The Kier molecular flexibility index (Phi) is 7.14. The number of rotatable bonds is 8. The summed E-state index contributed by atoms with van der Waals surface area (Å²) in [5.41, 5.74) is 3.71. The average molecular weight is 490 g/mol. The Hall–Kier alpha value is -4.15. The van der Waals surface area contributed by atoms with E-state index in [1.165, 1.54) is 0 Å². The van der Waals surface area contributed by atoms with Crippen molar-refractivity contribution in [2.75, 3.05) is 10.2 Å². The summed E-state index contributed by atoms with van der Waals surface area (Å²) in [6.45, 7) is 1.76. The second-order valence-electron chi connectivity index (χ2n) is 7.78. The Labute approximate surface area is 203 Å². The highest BCUT2D eigenvalue weighted by Gasteiger charge is 2.28. The first-order valence-electron chi connectivity index (χ1n) is 10.6. The molecule has 35 heavy (non-hydrogen) atoms.